The highest BCUT2D eigenvalue weighted by molar-refractivity contribution is 6.01. The minimum Gasteiger partial charge on any atom is -0.324 e. The largest absolute Gasteiger partial charge is 0.324 e. The highest BCUT2D eigenvalue weighted by Gasteiger charge is 2.35. The zero-order chi connectivity index (χ0) is 20.2. The van der Waals surface area contributed by atoms with Gasteiger partial charge in [-0.05, 0) is 41.5 Å². The van der Waals surface area contributed by atoms with Crippen molar-refractivity contribution in [2.24, 2.45) is 0 Å². The number of amides is 2. The van der Waals surface area contributed by atoms with E-state index in [9.17, 15) is 9.59 Å². The van der Waals surface area contributed by atoms with E-state index in [1.54, 1.807) is 41.3 Å². The van der Waals surface area contributed by atoms with Gasteiger partial charge in [-0.3, -0.25) is 9.59 Å². The fraction of sp³-hybridized carbons (Fsp3) is 0.125. The van der Waals surface area contributed by atoms with Gasteiger partial charge in [0.2, 0.25) is 5.91 Å². The Hall–Kier alpha value is -3.91. The Morgan fingerprint density at radius 2 is 1.66 bits per heavy atom. The van der Waals surface area contributed by atoms with Gasteiger partial charge in [0.25, 0.3) is 5.91 Å². The lowest BCUT2D eigenvalue weighted by atomic mass is 9.92. The first-order valence-corrected chi connectivity index (χ1v) is 9.39. The SMILES string of the molecule is N#Cc1cccc(NC(=O)C2Cc3ccccc3CN2C(=O)c2ccccc2)c1. The van der Waals surface area contributed by atoms with Gasteiger partial charge < -0.3 is 10.2 Å². The number of fused-ring (bicyclic) bond motifs is 1. The molecule has 1 unspecified atom stereocenters. The van der Waals surface area contributed by atoms with Crippen molar-refractivity contribution in [3.63, 3.8) is 0 Å². The molecule has 2 amide bonds. The van der Waals surface area contributed by atoms with Crippen molar-refractivity contribution in [2.45, 2.75) is 19.0 Å². The summed E-state index contributed by atoms with van der Waals surface area (Å²) in [6.07, 6.45) is 0.443. The second-order valence-electron chi connectivity index (χ2n) is 6.97. The number of nitriles is 1. The molecule has 1 heterocycles. The highest BCUT2D eigenvalue weighted by Crippen LogP contribution is 2.26. The summed E-state index contributed by atoms with van der Waals surface area (Å²) in [5.74, 6) is -0.440. The Morgan fingerprint density at radius 3 is 2.41 bits per heavy atom. The number of anilines is 1. The van der Waals surface area contributed by atoms with Crippen molar-refractivity contribution < 1.29 is 9.59 Å². The van der Waals surface area contributed by atoms with E-state index in [0.29, 0.717) is 29.8 Å². The van der Waals surface area contributed by atoms with Crippen LogP contribution in [0.15, 0.2) is 78.9 Å². The average molecular weight is 381 g/mol. The quantitative estimate of drug-likeness (QED) is 0.751. The van der Waals surface area contributed by atoms with Crippen LogP contribution in [-0.2, 0) is 17.8 Å². The molecule has 0 bridgehead atoms. The highest BCUT2D eigenvalue weighted by atomic mass is 16.2. The van der Waals surface area contributed by atoms with Gasteiger partial charge in [-0.2, -0.15) is 5.26 Å². The third kappa shape index (κ3) is 3.87. The fourth-order valence-electron chi connectivity index (χ4n) is 3.61. The lowest BCUT2D eigenvalue weighted by Gasteiger charge is -2.36. The van der Waals surface area contributed by atoms with E-state index in [4.69, 9.17) is 5.26 Å². The van der Waals surface area contributed by atoms with Crippen molar-refractivity contribution >= 4 is 17.5 Å². The Balaban J connectivity index is 1.65. The zero-order valence-electron chi connectivity index (χ0n) is 15.7. The molecule has 0 spiro atoms. The van der Waals surface area contributed by atoms with Crippen LogP contribution >= 0.6 is 0 Å². The predicted octanol–water partition coefficient (Wildman–Crippen LogP) is 3.76. The van der Waals surface area contributed by atoms with Crippen molar-refractivity contribution in [1.29, 1.82) is 5.26 Å². The standard InChI is InChI=1S/C24H19N3O2/c25-15-17-7-6-12-21(13-17)26-23(28)22-14-19-10-4-5-11-20(19)16-27(22)24(29)18-8-2-1-3-9-18/h1-13,22H,14,16H2,(H,26,28). The maximum atomic E-state index is 13.2. The number of nitrogens with one attached hydrogen (secondary N) is 1. The molecule has 1 aliphatic rings. The van der Waals surface area contributed by atoms with E-state index in [-0.39, 0.29) is 11.8 Å². The predicted molar refractivity (Wildman–Crippen MR) is 110 cm³/mol. The molecule has 1 aliphatic heterocycles. The maximum Gasteiger partial charge on any atom is 0.254 e. The molecule has 1 N–H and O–H groups in total. The normalized spacial score (nSPS) is 15.1. The first-order valence-electron chi connectivity index (χ1n) is 9.39. The van der Waals surface area contributed by atoms with Crippen molar-refractivity contribution in [1.82, 2.24) is 4.90 Å². The van der Waals surface area contributed by atoms with Crippen LogP contribution in [0, 0.1) is 11.3 Å². The molecule has 3 aromatic rings. The molecule has 29 heavy (non-hydrogen) atoms. The monoisotopic (exact) mass is 381 g/mol. The number of benzene rings is 3. The molecule has 4 rings (SSSR count). The van der Waals surface area contributed by atoms with Crippen LogP contribution in [0.4, 0.5) is 5.69 Å². The van der Waals surface area contributed by atoms with Crippen LogP contribution in [0.1, 0.15) is 27.0 Å². The van der Waals surface area contributed by atoms with Gasteiger partial charge in [-0.25, -0.2) is 0 Å². The number of nitrogens with zero attached hydrogens (tertiary/aromatic N) is 2. The smallest absolute Gasteiger partial charge is 0.254 e. The first kappa shape index (κ1) is 18.5. The molecular formula is C24H19N3O2. The molecule has 0 fully saturated rings. The van der Waals surface area contributed by atoms with E-state index in [2.05, 4.69) is 11.4 Å². The number of hydrogen-bond acceptors (Lipinski definition) is 3. The summed E-state index contributed by atoms with van der Waals surface area (Å²) in [5, 5.41) is 11.9. The molecule has 0 saturated heterocycles. The lowest BCUT2D eigenvalue weighted by molar-refractivity contribution is -0.121. The molecular weight excluding hydrogens is 362 g/mol. The van der Waals surface area contributed by atoms with Crippen LogP contribution in [-0.4, -0.2) is 22.8 Å². The average Bonchev–Trinajstić information content (AvgIpc) is 2.78. The van der Waals surface area contributed by atoms with Gasteiger partial charge in [0, 0.05) is 24.2 Å². The van der Waals surface area contributed by atoms with E-state index >= 15 is 0 Å². The minimum atomic E-state index is -0.636. The van der Waals surface area contributed by atoms with Crippen LogP contribution in [0.2, 0.25) is 0 Å². The number of rotatable bonds is 3. The molecule has 0 saturated carbocycles. The van der Waals surface area contributed by atoms with E-state index in [0.717, 1.165) is 11.1 Å². The van der Waals surface area contributed by atoms with E-state index < -0.39 is 6.04 Å². The molecule has 5 nitrogen and oxygen atoms in total. The second kappa shape index (κ2) is 7.99. The summed E-state index contributed by atoms with van der Waals surface area (Å²) >= 11 is 0. The zero-order valence-corrected chi connectivity index (χ0v) is 15.7. The van der Waals surface area contributed by atoms with Crippen molar-refractivity contribution in [2.75, 3.05) is 5.32 Å². The third-order valence-corrected chi connectivity index (χ3v) is 5.09. The molecule has 3 aromatic carbocycles. The van der Waals surface area contributed by atoms with Crippen molar-refractivity contribution in [3.05, 3.63) is 101 Å². The summed E-state index contributed by atoms with van der Waals surface area (Å²) in [5.41, 5.74) is 3.67. The summed E-state index contributed by atoms with van der Waals surface area (Å²) in [6, 6.07) is 25.1. The molecule has 0 aliphatic carbocycles. The first-order chi connectivity index (χ1) is 14.2. The minimum absolute atomic E-state index is 0.175. The van der Waals surface area contributed by atoms with Crippen LogP contribution in [0.25, 0.3) is 0 Å². The van der Waals surface area contributed by atoms with Gasteiger partial charge in [0.1, 0.15) is 6.04 Å². The molecule has 1 atom stereocenters. The lowest BCUT2D eigenvalue weighted by Crippen LogP contribution is -2.50. The Bertz CT molecular complexity index is 1100. The van der Waals surface area contributed by atoms with Gasteiger partial charge in [0.05, 0.1) is 11.6 Å². The Morgan fingerprint density at radius 1 is 0.931 bits per heavy atom. The topological polar surface area (TPSA) is 73.2 Å². The van der Waals surface area contributed by atoms with Crippen LogP contribution < -0.4 is 5.32 Å². The number of hydrogen-bond donors (Lipinski definition) is 1. The van der Waals surface area contributed by atoms with Gasteiger partial charge >= 0.3 is 0 Å². The van der Waals surface area contributed by atoms with Crippen LogP contribution in [0.5, 0.6) is 0 Å². The Labute approximate surface area is 169 Å². The van der Waals surface area contributed by atoms with Gasteiger partial charge in [-0.1, -0.05) is 48.5 Å². The van der Waals surface area contributed by atoms with Crippen molar-refractivity contribution in [3.8, 4) is 6.07 Å². The Kier molecular flexibility index (Phi) is 5.08. The summed E-state index contributed by atoms with van der Waals surface area (Å²) < 4.78 is 0. The third-order valence-electron chi connectivity index (χ3n) is 5.09. The summed E-state index contributed by atoms with van der Waals surface area (Å²) in [6.45, 7) is 0.375. The molecule has 5 heteroatoms. The summed E-state index contributed by atoms with van der Waals surface area (Å²) in [7, 11) is 0. The maximum absolute atomic E-state index is 13.2. The van der Waals surface area contributed by atoms with Gasteiger partial charge in [0.15, 0.2) is 0 Å². The molecule has 0 radical (unpaired) electrons. The second-order valence-corrected chi connectivity index (χ2v) is 6.97. The molecule has 0 aromatic heterocycles. The molecule has 142 valence electrons. The number of carbonyl (C=O) groups excluding carboxylic acids is 2. The summed E-state index contributed by atoms with van der Waals surface area (Å²) in [4.78, 5) is 27.9. The number of carbonyl (C=O) groups is 2. The van der Waals surface area contributed by atoms with Crippen LogP contribution in [0.3, 0.4) is 0 Å². The van der Waals surface area contributed by atoms with Gasteiger partial charge in [-0.15, -0.1) is 0 Å². The van der Waals surface area contributed by atoms with E-state index in [1.165, 1.54) is 0 Å². The fourth-order valence-corrected chi connectivity index (χ4v) is 3.61. The van der Waals surface area contributed by atoms with E-state index in [1.807, 2.05) is 42.5 Å².